The van der Waals surface area contributed by atoms with Crippen LogP contribution in [-0.4, -0.2) is 41.5 Å². The molecule has 1 aliphatic heterocycles. The van der Waals surface area contributed by atoms with Gasteiger partial charge in [-0.15, -0.1) is 0 Å². The van der Waals surface area contributed by atoms with Crippen molar-refractivity contribution in [3.63, 3.8) is 0 Å². The molecule has 4 rings (SSSR count). The second-order valence-corrected chi connectivity index (χ2v) is 6.80. The van der Waals surface area contributed by atoms with Crippen LogP contribution in [-0.2, 0) is 0 Å². The lowest BCUT2D eigenvalue weighted by molar-refractivity contribution is 0.0923. The number of hydrogen-bond acceptors (Lipinski definition) is 4. The first-order valence-corrected chi connectivity index (χ1v) is 8.87. The van der Waals surface area contributed by atoms with Crippen LogP contribution in [0.1, 0.15) is 41.2 Å². The summed E-state index contributed by atoms with van der Waals surface area (Å²) >= 11 is 0. The number of hydrogen-bond donors (Lipinski definition) is 1. The van der Waals surface area contributed by atoms with E-state index in [1.165, 1.54) is 18.4 Å². The van der Waals surface area contributed by atoms with Gasteiger partial charge in [-0.3, -0.25) is 14.7 Å². The largest absolute Gasteiger partial charge is 0.497 e. The van der Waals surface area contributed by atoms with Crippen LogP contribution in [0.2, 0.25) is 0 Å². The van der Waals surface area contributed by atoms with E-state index in [4.69, 9.17) is 4.74 Å². The first-order chi connectivity index (χ1) is 12.3. The number of ether oxygens (including phenoxy) is 1. The van der Waals surface area contributed by atoms with Crippen molar-refractivity contribution in [1.29, 1.82) is 0 Å². The van der Waals surface area contributed by atoms with Crippen LogP contribution in [0, 0.1) is 0 Å². The van der Waals surface area contributed by atoms with E-state index in [-0.39, 0.29) is 18.0 Å². The minimum Gasteiger partial charge on any atom is -0.497 e. The van der Waals surface area contributed by atoms with E-state index in [0.717, 1.165) is 18.7 Å². The molecule has 0 unspecified atom stereocenters. The summed E-state index contributed by atoms with van der Waals surface area (Å²) in [5, 5.41) is 3.23. The van der Waals surface area contributed by atoms with Gasteiger partial charge in [-0.25, -0.2) is 0 Å². The van der Waals surface area contributed by atoms with Crippen LogP contribution in [0.3, 0.4) is 0 Å². The maximum atomic E-state index is 12.6. The molecule has 1 N–H and O–H groups in total. The Bertz CT molecular complexity index is 746. The molecule has 2 heterocycles. The topological polar surface area (TPSA) is 54.5 Å². The van der Waals surface area contributed by atoms with Gasteiger partial charge in [0.2, 0.25) is 0 Å². The lowest BCUT2D eigenvalue weighted by Crippen LogP contribution is -2.40. The monoisotopic (exact) mass is 337 g/mol. The molecule has 2 aromatic rings. The van der Waals surface area contributed by atoms with Gasteiger partial charge in [-0.1, -0.05) is 12.1 Å². The van der Waals surface area contributed by atoms with Crippen molar-refractivity contribution in [2.45, 2.75) is 37.4 Å². The summed E-state index contributed by atoms with van der Waals surface area (Å²) < 4.78 is 5.40. The fourth-order valence-electron chi connectivity index (χ4n) is 3.78. The van der Waals surface area contributed by atoms with Crippen molar-refractivity contribution >= 4 is 5.91 Å². The maximum Gasteiger partial charge on any atom is 0.253 e. The zero-order valence-electron chi connectivity index (χ0n) is 14.4. The van der Waals surface area contributed by atoms with E-state index in [1.54, 1.807) is 31.6 Å². The van der Waals surface area contributed by atoms with E-state index in [9.17, 15) is 4.79 Å². The van der Waals surface area contributed by atoms with E-state index in [2.05, 4.69) is 27.3 Å². The molecule has 5 nitrogen and oxygen atoms in total. The van der Waals surface area contributed by atoms with Gasteiger partial charge in [0, 0.05) is 25.0 Å². The van der Waals surface area contributed by atoms with Gasteiger partial charge in [0.15, 0.2) is 0 Å². The molecule has 1 saturated carbocycles. The van der Waals surface area contributed by atoms with Gasteiger partial charge in [0.1, 0.15) is 5.75 Å². The third-order valence-electron chi connectivity index (χ3n) is 5.13. The van der Waals surface area contributed by atoms with Crippen LogP contribution < -0.4 is 10.1 Å². The summed E-state index contributed by atoms with van der Waals surface area (Å²) in [6.07, 6.45) is 6.77. The number of likely N-dealkylation sites (tertiary alicyclic amines) is 1. The van der Waals surface area contributed by atoms with Crippen molar-refractivity contribution in [3.8, 4) is 5.75 Å². The van der Waals surface area contributed by atoms with Crippen molar-refractivity contribution < 1.29 is 9.53 Å². The summed E-state index contributed by atoms with van der Waals surface area (Å²) in [7, 11) is 1.69. The van der Waals surface area contributed by atoms with Gasteiger partial charge in [0.25, 0.3) is 5.91 Å². The highest BCUT2D eigenvalue weighted by Crippen LogP contribution is 2.41. The fourth-order valence-corrected chi connectivity index (χ4v) is 3.78. The summed E-state index contributed by atoms with van der Waals surface area (Å²) in [5.41, 5.74) is 1.82. The minimum absolute atomic E-state index is 0.0522. The maximum absolute atomic E-state index is 12.6. The van der Waals surface area contributed by atoms with Crippen LogP contribution in [0.4, 0.5) is 0 Å². The standard InChI is InChI=1S/C20H23N3O2/c1-25-17-6-2-4-14(12-17)19-18(9-11-23(19)16-7-8-16)22-20(24)15-5-3-10-21-13-15/h2-6,10,12-13,16,18-19H,7-9,11H2,1H3,(H,22,24)/t18-,19-/m0/s1. The predicted octanol–water partition coefficient (Wildman–Crippen LogP) is 2.80. The Morgan fingerprint density at radius 2 is 2.12 bits per heavy atom. The number of methoxy groups -OCH3 is 1. The lowest BCUT2D eigenvalue weighted by atomic mass is 9.99. The summed E-state index contributed by atoms with van der Waals surface area (Å²) in [6.45, 7) is 1.02. The number of rotatable bonds is 5. The van der Waals surface area contributed by atoms with Crippen molar-refractivity contribution in [2.24, 2.45) is 0 Å². The number of nitrogens with one attached hydrogen (secondary N) is 1. The fraction of sp³-hybridized carbons (Fsp3) is 0.400. The Morgan fingerprint density at radius 3 is 2.84 bits per heavy atom. The van der Waals surface area contributed by atoms with Crippen LogP contribution >= 0.6 is 0 Å². The van der Waals surface area contributed by atoms with Gasteiger partial charge in [-0.05, 0) is 49.1 Å². The number of amides is 1. The normalized spacial score (nSPS) is 23.4. The molecule has 0 bridgehead atoms. The first kappa shape index (κ1) is 16.1. The SMILES string of the molecule is COc1cccc([C@H]2[C@@H](NC(=O)c3cccnc3)CCN2C2CC2)c1. The number of nitrogens with zero attached hydrogens (tertiary/aromatic N) is 2. The molecule has 0 spiro atoms. The van der Waals surface area contributed by atoms with Crippen LogP contribution in [0.15, 0.2) is 48.8 Å². The summed E-state index contributed by atoms with van der Waals surface area (Å²) in [4.78, 5) is 19.2. The Kier molecular flexibility index (Phi) is 4.40. The molecular weight excluding hydrogens is 314 g/mol. The van der Waals surface area contributed by atoms with E-state index < -0.39 is 0 Å². The van der Waals surface area contributed by atoms with Crippen LogP contribution in [0.25, 0.3) is 0 Å². The van der Waals surface area contributed by atoms with E-state index in [0.29, 0.717) is 11.6 Å². The molecule has 1 aromatic carbocycles. The smallest absolute Gasteiger partial charge is 0.253 e. The molecule has 5 heteroatoms. The third-order valence-corrected chi connectivity index (χ3v) is 5.13. The van der Waals surface area contributed by atoms with Crippen molar-refractivity contribution in [3.05, 3.63) is 59.9 Å². The average Bonchev–Trinajstić information content (AvgIpc) is 3.43. The Balaban J connectivity index is 1.58. The molecule has 2 fully saturated rings. The molecular formula is C20H23N3O2. The van der Waals surface area contributed by atoms with Crippen LogP contribution in [0.5, 0.6) is 5.75 Å². The summed E-state index contributed by atoms with van der Waals surface area (Å²) in [5.74, 6) is 0.807. The number of carbonyl (C=O) groups is 1. The number of carbonyl (C=O) groups excluding carboxylic acids is 1. The second-order valence-electron chi connectivity index (χ2n) is 6.80. The predicted molar refractivity (Wildman–Crippen MR) is 95.6 cm³/mol. The quantitative estimate of drug-likeness (QED) is 0.911. The van der Waals surface area contributed by atoms with Gasteiger partial charge < -0.3 is 10.1 Å². The number of aromatic nitrogens is 1. The molecule has 1 amide bonds. The molecule has 25 heavy (non-hydrogen) atoms. The second kappa shape index (κ2) is 6.84. The molecule has 2 aliphatic rings. The zero-order valence-corrected chi connectivity index (χ0v) is 14.4. The third kappa shape index (κ3) is 3.37. The molecule has 1 aliphatic carbocycles. The highest BCUT2D eigenvalue weighted by atomic mass is 16.5. The highest BCUT2D eigenvalue weighted by molar-refractivity contribution is 5.94. The molecule has 1 aromatic heterocycles. The number of pyridine rings is 1. The highest BCUT2D eigenvalue weighted by Gasteiger charge is 2.43. The van der Waals surface area contributed by atoms with Gasteiger partial charge in [0.05, 0.1) is 24.8 Å². The van der Waals surface area contributed by atoms with Gasteiger partial charge >= 0.3 is 0 Å². The first-order valence-electron chi connectivity index (χ1n) is 8.87. The molecule has 130 valence electrons. The zero-order chi connectivity index (χ0) is 17.2. The molecule has 0 radical (unpaired) electrons. The molecule has 2 atom stereocenters. The Labute approximate surface area is 148 Å². The summed E-state index contributed by atoms with van der Waals surface area (Å²) in [6, 6.07) is 12.8. The molecule has 1 saturated heterocycles. The van der Waals surface area contributed by atoms with Gasteiger partial charge in [-0.2, -0.15) is 0 Å². The Morgan fingerprint density at radius 1 is 1.24 bits per heavy atom. The average molecular weight is 337 g/mol. The number of benzene rings is 1. The lowest BCUT2D eigenvalue weighted by Gasteiger charge is -2.29. The van der Waals surface area contributed by atoms with Crippen molar-refractivity contribution in [1.82, 2.24) is 15.2 Å². The minimum atomic E-state index is -0.0522. The Hall–Kier alpha value is -2.40. The van der Waals surface area contributed by atoms with E-state index >= 15 is 0 Å². The van der Waals surface area contributed by atoms with Crippen molar-refractivity contribution in [2.75, 3.05) is 13.7 Å². The van der Waals surface area contributed by atoms with E-state index in [1.807, 2.05) is 12.1 Å².